The second kappa shape index (κ2) is 5.35. The van der Waals surface area contributed by atoms with Gasteiger partial charge in [-0.25, -0.2) is 8.78 Å². The first-order chi connectivity index (χ1) is 8.60. The van der Waals surface area contributed by atoms with Crippen LogP contribution in [-0.2, 0) is 5.41 Å². The SMILES string of the molecule is CCCNCC1(c2ccc(F)cc2F)CCC1C. The monoisotopic (exact) mass is 253 g/mol. The molecule has 1 nitrogen and oxygen atoms in total. The lowest BCUT2D eigenvalue weighted by Gasteiger charge is -2.49. The standard InChI is InChI=1S/C15H21F2N/c1-3-8-18-10-15(7-6-11(15)2)13-5-4-12(16)9-14(13)17/h4-5,9,11,18H,3,6-8,10H2,1-2H3. The zero-order valence-corrected chi connectivity index (χ0v) is 11.1. The molecule has 1 N–H and O–H groups in total. The Kier molecular flexibility index (Phi) is 4.00. The van der Waals surface area contributed by atoms with Crippen molar-refractivity contribution < 1.29 is 8.78 Å². The summed E-state index contributed by atoms with van der Waals surface area (Å²) in [5, 5.41) is 3.39. The van der Waals surface area contributed by atoms with Crippen molar-refractivity contribution in [3.8, 4) is 0 Å². The Morgan fingerprint density at radius 1 is 1.39 bits per heavy atom. The number of hydrogen-bond acceptors (Lipinski definition) is 1. The minimum absolute atomic E-state index is 0.146. The van der Waals surface area contributed by atoms with Crippen LogP contribution in [-0.4, -0.2) is 13.1 Å². The third-order valence-electron chi connectivity index (χ3n) is 4.30. The van der Waals surface area contributed by atoms with Crippen molar-refractivity contribution in [2.75, 3.05) is 13.1 Å². The third kappa shape index (κ3) is 2.28. The van der Waals surface area contributed by atoms with Gasteiger partial charge < -0.3 is 5.32 Å². The average Bonchev–Trinajstić information content (AvgIpc) is 2.34. The van der Waals surface area contributed by atoms with E-state index in [-0.39, 0.29) is 5.41 Å². The molecular weight excluding hydrogens is 232 g/mol. The molecule has 1 aromatic carbocycles. The first kappa shape index (κ1) is 13.5. The van der Waals surface area contributed by atoms with E-state index < -0.39 is 11.6 Å². The molecule has 0 amide bonds. The molecule has 0 aromatic heterocycles. The number of nitrogens with one attached hydrogen (secondary N) is 1. The predicted octanol–water partition coefficient (Wildman–Crippen LogP) is 3.63. The average molecular weight is 253 g/mol. The Bertz CT molecular complexity index is 419. The van der Waals surface area contributed by atoms with Gasteiger partial charge in [0.05, 0.1) is 0 Å². The summed E-state index contributed by atoms with van der Waals surface area (Å²) < 4.78 is 27.0. The molecule has 1 aliphatic rings. The Morgan fingerprint density at radius 2 is 2.17 bits per heavy atom. The fourth-order valence-corrected chi connectivity index (χ4v) is 2.92. The van der Waals surface area contributed by atoms with E-state index in [2.05, 4.69) is 19.2 Å². The van der Waals surface area contributed by atoms with Crippen molar-refractivity contribution in [3.63, 3.8) is 0 Å². The molecule has 0 bridgehead atoms. The molecule has 0 saturated heterocycles. The third-order valence-corrected chi connectivity index (χ3v) is 4.30. The van der Waals surface area contributed by atoms with Crippen LogP contribution in [0.1, 0.15) is 38.7 Å². The van der Waals surface area contributed by atoms with Crippen molar-refractivity contribution in [3.05, 3.63) is 35.4 Å². The molecule has 1 aliphatic carbocycles. The highest BCUT2D eigenvalue weighted by Gasteiger charge is 2.46. The van der Waals surface area contributed by atoms with Gasteiger partial charge in [-0.2, -0.15) is 0 Å². The number of benzene rings is 1. The molecule has 1 aromatic rings. The van der Waals surface area contributed by atoms with E-state index in [1.807, 2.05) is 0 Å². The molecule has 2 atom stereocenters. The van der Waals surface area contributed by atoms with Gasteiger partial charge in [0.1, 0.15) is 11.6 Å². The molecule has 2 unspecified atom stereocenters. The van der Waals surface area contributed by atoms with Crippen LogP contribution in [0.2, 0.25) is 0 Å². The zero-order chi connectivity index (χ0) is 13.2. The molecule has 18 heavy (non-hydrogen) atoms. The fraction of sp³-hybridized carbons (Fsp3) is 0.600. The van der Waals surface area contributed by atoms with Crippen LogP contribution in [0, 0.1) is 17.6 Å². The van der Waals surface area contributed by atoms with Gasteiger partial charge in [0.15, 0.2) is 0 Å². The van der Waals surface area contributed by atoms with Crippen molar-refractivity contribution in [2.24, 2.45) is 5.92 Å². The summed E-state index contributed by atoms with van der Waals surface area (Å²) in [5.41, 5.74) is 0.527. The van der Waals surface area contributed by atoms with Crippen molar-refractivity contribution in [1.82, 2.24) is 5.32 Å². The topological polar surface area (TPSA) is 12.0 Å². The smallest absolute Gasteiger partial charge is 0.129 e. The van der Waals surface area contributed by atoms with Gasteiger partial charge in [-0.3, -0.25) is 0 Å². The van der Waals surface area contributed by atoms with Crippen LogP contribution in [0.15, 0.2) is 18.2 Å². The molecule has 0 heterocycles. The molecule has 0 aliphatic heterocycles. The lowest BCUT2D eigenvalue weighted by atomic mass is 9.57. The van der Waals surface area contributed by atoms with Gasteiger partial charge in [-0.15, -0.1) is 0 Å². The van der Waals surface area contributed by atoms with E-state index in [4.69, 9.17) is 0 Å². The molecule has 3 heteroatoms. The zero-order valence-electron chi connectivity index (χ0n) is 11.1. The highest BCUT2D eigenvalue weighted by Crippen LogP contribution is 2.49. The van der Waals surface area contributed by atoms with Crippen LogP contribution in [0.25, 0.3) is 0 Å². The Balaban J connectivity index is 2.24. The van der Waals surface area contributed by atoms with E-state index in [0.717, 1.165) is 38.4 Å². The van der Waals surface area contributed by atoms with Crippen molar-refractivity contribution in [1.29, 1.82) is 0 Å². The summed E-state index contributed by atoms with van der Waals surface area (Å²) in [7, 11) is 0. The van der Waals surface area contributed by atoms with Gasteiger partial charge in [0, 0.05) is 18.0 Å². The maximum Gasteiger partial charge on any atom is 0.129 e. The van der Waals surface area contributed by atoms with E-state index in [1.54, 1.807) is 6.07 Å². The molecule has 2 rings (SSSR count). The maximum absolute atomic E-state index is 14.0. The minimum Gasteiger partial charge on any atom is -0.316 e. The van der Waals surface area contributed by atoms with E-state index in [0.29, 0.717) is 11.5 Å². The highest BCUT2D eigenvalue weighted by atomic mass is 19.1. The first-order valence-corrected chi connectivity index (χ1v) is 6.76. The van der Waals surface area contributed by atoms with Crippen LogP contribution < -0.4 is 5.32 Å². The second-order valence-electron chi connectivity index (χ2n) is 5.40. The molecular formula is C15H21F2N. The fourth-order valence-electron chi connectivity index (χ4n) is 2.92. The lowest BCUT2D eigenvalue weighted by Crippen LogP contribution is -2.50. The summed E-state index contributed by atoms with van der Waals surface area (Å²) in [5.74, 6) is -0.457. The summed E-state index contributed by atoms with van der Waals surface area (Å²) in [6.07, 6.45) is 3.16. The molecule has 1 saturated carbocycles. The summed E-state index contributed by atoms with van der Waals surface area (Å²) in [6.45, 7) is 5.99. The van der Waals surface area contributed by atoms with Gasteiger partial charge >= 0.3 is 0 Å². The molecule has 100 valence electrons. The summed E-state index contributed by atoms with van der Waals surface area (Å²) in [4.78, 5) is 0. The molecule has 0 radical (unpaired) electrons. The van der Waals surface area contributed by atoms with E-state index in [1.165, 1.54) is 6.07 Å². The summed E-state index contributed by atoms with van der Waals surface area (Å²) >= 11 is 0. The highest BCUT2D eigenvalue weighted by molar-refractivity contribution is 5.32. The number of hydrogen-bond donors (Lipinski definition) is 1. The molecule has 1 fully saturated rings. The van der Waals surface area contributed by atoms with Crippen molar-refractivity contribution in [2.45, 2.75) is 38.5 Å². The summed E-state index contributed by atoms with van der Waals surface area (Å²) in [6, 6.07) is 3.99. The predicted molar refractivity (Wildman–Crippen MR) is 69.6 cm³/mol. The van der Waals surface area contributed by atoms with Gasteiger partial charge in [-0.05, 0) is 43.4 Å². The van der Waals surface area contributed by atoms with E-state index in [9.17, 15) is 8.78 Å². The van der Waals surface area contributed by atoms with E-state index >= 15 is 0 Å². The van der Waals surface area contributed by atoms with Gasteiger partial charge in [0.25, 0.3) is 0 Å². The molecule has 0 spiro atoms. The normalized spacial score (nSPS) is 27.0. The van der Waals surface area contributed by atoms with Crippen LogP contribution in [0.5, 0.6) is 0 Å². The Hall–Kier alpha value is -0.960. The largest absolute Gasteiger partial charge is 0.316 e. The van der Waals surface area contributed by atoms with Gasteiger partial charge in [0.2, 0.25) is 0 Å². The Morgan fingerprint density at radius 3 is 2.67 bits per heavy atom. The first-order valence-electron chi connectivity index (χ1n) is 6.76. The maximum atomic E-state index is 14.0. The van der Waals surface area contributed by atoms with Crippen LogP contribution in [0.3, 0.4) is 0 Å². The Labute approximate surface area is 108 Å². The quantitative estimate of drug-likeness (QED) is 0.790. The van der Waals surface area contributed by atoms with Crippen molar-refractivity contribution >= 4 is 0 Å². The number of rotatable bonds is 5. The van der Waals surface area contributed by atoms with Crippen LogP contribution in [0.4, 0.5) is 8.78 Å². The van der Waals surface area contributed by atoms with Gasteiger partial charge in [-0.1, -0.05) is 19.9 Å². The number of halogens is 2. The minimum atomic E-state index is -0.500. The lowest BCUT2D eigenvalue weighted by molar-refractivity contribution is 0.129. The second-order valence-corrected chi connectivity index (χ2v) is 5.40. The van der Waals surface area contributed by atoms with Crippen LogP contribution >= 0.6 is 0 Å².